The van der Waals surface area contributed by atoms with Crippen LogP contribution >= 0.6 is 11.3 Å². The third-order valence-corrected chi connectivity index (χ3v) is 5.93. The maximum atomic E-state index is 10.1. The van der Waals surface area contributed by atoms with E-state index in [0.717, 1.165) is 36.5 Å². The van der Waals surface area contributed by atoms with E-state index < -0.39 is 5.41 Å². The van der Waals surface area contributed by atoms with E-state index >= 15 is 0 Å². The molecule has 2 aliphatic heterocycles. The summed E-state index contributed by atoms with van der Waals surface area (Å²) >= 11 is 1.64. The number of hydrogen-bond donors (Lipinski definition) is 0. The van der Waals surface area contributed by atoms with Crippen molar-refractivity contribution >= 4 is 17.0 Å². The van der Waals surface area contributed by atoms with Gasteiger partial charge in [0.05, 0.1) is 12.1 Å². The number of aryl methyl sites for hydroxylation is 1. The van der Waals surface area contributed by atoms with Crippen LogP contribution in [0.3, 0.4) is 0 Å². The molecule has 3 nitrogen and oxygen atoms in total. The fourth-order valence-corrected chi connectivity index (χ4v) is 4.86. The van der Waals surface area contributed by atoms with E-state index in [-0.39, 0.29) is 6.04 Å². The highest BCUT2D eigenvalue weighted by Gasteiger charge is 2.51. The summed E-state index contributed by atoms with van der Waals surface area (Å²) in [6, 6.07) is 11.5. The van der Waals surface area contributed by atoms with Crippen LogP contribution in [0.15, 0.2) is 29.6 Å². The van der Waals surface area contributed by atoms with Crippen molar-refractivity contribution in [1.82, 2.24) is 4.98 Å². The van der Waals surface area contributed by atoms with Gasteiger partial charge in [-0.25, -0.2) is 4.98 Å². The Morgan fingerprint density at radius 1 is 1.43 bits per heavy atom. The van der Waals surface area contributed by atoms with Gasteiger partial charge >= 0.3 is 0 Å². The number of para-hydroxylation sites is 1. The number of thiazole rings is 1. The predicted octanol–water partition coefficient (Wildman–Crippen LogP) is 3.44. The van der Waals surface area contributed by atoms with Gasteiger partial charge in [-0.1, -0.05) is 18.2 Å². The summed E-state index contributed by atoms with van der Waals surface area (Å²) in [5.41, 5.74) is 3.14. The van der Waals surface area contributed by atoms with E-state index in [2.05, 4.69) is 45.6 Å². The topological polar surface area (TPSA) is 39.9 Å². The van der Waals surface area contributed by atoms with E-state index in [1.807, 2.05) is 6.92 Å². The van der Waals surface area contributed by atoms with Crippen LogP contribution < -0.4 is 4.90 Å². The molecule has 1 saturated heterocycles. The summed E-state index contributed by atoms with van der Waals surface area (Å²) in [5, 5.41) is 13.1. The number of benzene rings is 1. The molecule has 0 amide bonds. The standard InChI is InChI=1S/C17H17N3S/c1-12-10-21-16(19-12)17(11-18)9-13-5-2-3-6-14(13)20-8-4-7-15(17)20/h2-3,5-6,10,15H,4,7-9H2,1H3/t15-,17+/m0/s1. The number of fused-ring (bicyclic) bond motifs is 3. The van der Waals surface area contributed by atoms with Gasteiger partial charge in [0.25, 0.3) is 0 Å². The molecule has 2 aromatic rings. The normalized spacial score (nSPS) is 27.0. The molecule has 4 rings (SSSR count). The Morgan fingerprint density at radius 2 is 2.29 bits per heavy atom. The van der Waals surface area contributed by atoms with Crippen LogP contribution in [0, 0.1) is 18.3 Å². The minimum absolute atomic E-state index is 0.267. The van der Waals surface area contributed by atoms with E-state index in [1.54, 1.807) is 11.3 Å². The molecule has 106 valence electrons. The average molecular weight is 295 g/mol. The Balaban J connectivity index is 1.91. The monoisotopic (exact) mass is 295 g/mol. The molecular formula is C17H17N3S. The molecule has 21 heavy (non-hydrogen) atoms. The van der Waals surface area contributed by atoms with Crippen molar-refractivity contribution in [1.29, 1.82) is 5.26 Å². The Bertz CT molecular complexity index is 730. The lowest BCUT2D eigenvalue weighted by Gasteiger charge is -2.43. The van der Waals surface area contributed by atoms with Gasteiger partial charge in [0, 0.05) is 29.7 Å². The highest BCUT2D eigenvalue weighted by molar-refractivity contribution is 7.09. The smallest absolute Gasteiger partial charge is 0.133 e. The molecule has 1 aromatic heterocycles. The molecule has 0 aliphatic carbocycles. The molecule has 0 unspecified atom stereocenters. The van der Waals surface area contributed by atoms with Gasteiger partial charge in [0.1, 0.15) is 10.4 Å². The summed E-state index contributed by atoms with van der Waals surface area (Å²) in [6.45, 7) is 3.06. The van der Waals surface area contributed by atoms with Gasteiger partial charge in [-0.15, -0.1) is 11.3 Å². The summed E-state index contributed by atoms with van der Waals surface area (Å²) in [4.78, 5) is 7.12. The van der Waals surface area contributed by atoms with E-state index in [4.69, 9.17) is 0 Å². The molecular weight excluding hydrogens is 278 g/mol. The highest BCUT2D eigenvalue weighted by atomic mass is 32.1. The van der Waals surface area contributed by atoms with Crippen LogP contribution in [0.1, 0.15) is 29.1 Å². The van der Waals surface area contributed by atoms with Crippen LogP contribution in [0.5, 0.6) is 0 Å². The molecule has 1 fully saturated rings. The molecule has 0 bridgehead atoms. The Morgan fingerprint density at radius 3 is 3.05 bits per heavy atom. The zero-order valence-corrected chi connectivity index (χ0v) is 12.9. The third-order valence-electron chi connectivity index (χ3n) is 4.79. The van der Waals surface area contributed by atoms with E-state index in [9.17, 15) is 5.26 Å². The van der Waals surface area contributed by atoms with Gasteiger partial charge in [-0.2, -0.15) is 5.26 Å². The first kappa shape index (κ1) is 12.8. The zero-order chi connectivity index (χ0) is 14.4. The molecule has 2 atom stereocenters. The van der Waals surface area contributed by atoms with E-state index in [0.29, 0.717) is 0 Å². The van der Waals surface area contributed by atoms with Gasteiger partial charge in [0.2, 0.25) is 0 Å². The minimum atomic E-state index is -0.482. The molecule has 3 heterocycles. The summed E-state index contributed by atoms with van der Waals surface area (Å²) in [7, 11) is 0. The second-order valence-corrected chi connectivity index (χ2v) is 6.89. The molecule has 0 spiro atoms. The van der Waals surface area contributed by atoms with Crippen LogP contribution in [-0.4, -0.2) is 17.6 Å². The Hall–Kier alpha value is -1.86. The average Bonchev–Trinajstić information content (AvgIpc) is 3.15. The lowest BCUT2D eigenvalue weighted by molar-refractivity contribution is 0.408. The van der Waals surface area contributed by atoms with E-state index in [1.165, 1.54) is 11.3 Å². The summed E-state index contributed by atoms with van der Waals surface area (Å²) in [6.07, 6.45) is 3.03. The highest BCUT2D eigenvalue weighted by Crippen LogP contribution is 2.47. The van der Waals surface area contributed by atoms with Crippen LogP contribution in [0.2, 0.25) is 0 Å². The number of anilines is 1. The van der Waals surface area contributed by atoms with Gasteiger partial charge in [0.15, 0.2) is 0 Å². The fraction of sp³-hybridized carbons (Fsp3) is 0.412. The molecule has 0 N–H and O–H groups in total. The van der Waals surface area contributed by atoms with Gasteiger partial charge in [-0.3, -0.25) is 0 Å². The number of rotatable bonds is 1. The third kappa shape index (κ3) is 1.74. The van der Waals surface area contributed by atoms with Gasteiger partial charge in [-0.05, 0) is 31.4 Å². The van der Waals surface area contributed by atoms with Crippen molar-refractivity contribution in [2.75, 3.05) is 11.4 Å². The molecule has 1 aromatic carbocycles. The van der Waals surface area contributed by atoms with Crippen molar-refractivity contribution in [3.05, 3.63) is 45.9 Å². The molecule has 4 heteroatoms. The second-order valence-electron chi connectivity index (χ2n) is 6.03. The molecule has 0 radical (unpaired) electrons. The molecule has 0 saturated carbocycles. The van der Waals surface area contributed by atoms with Crippen LogP contribution in [0.25, 0.3) is 0 Å². The summed E-state index contributed by atoms with van der Waals surface area (Å²) < 4.78 is 0. The van der Waals surface area contributed by atoms with Gasteiger partial charge < -0.3 is 4.90 Å². The van der Waals surface area contributed by atoms with Crippen molar-refractivity contribution in [3.63, 3.8) is 0 Å². The first-order valence-corrected chi connectivity index (χ1v) is 8.31. The second kappa shape index (κ2) is 4.57. The fourth-order valence-electron chi connectivity index (χ4n) is 3.87. The SMILES string of the molecule is Cc1csc([C@@]2(C#N)Cc3ccccc3N3CCC[C@H]32)n1. The first-order chi connectivity index (χ1) is 10.2. The maximum Gasteiger partial charge on any atom is 0.133 e. The Labute approximate surface area is 128 Å². The largest absolute Gasteiger partial charge is 0.366 e. The number of nitriles is 1. The number of hydrogen-bond acceptors (Lipinski definition) is 4. The minimum Gasteiger partial charge on any atom is -0.366 e. The summed E-state index contributed by atoms with van der Waals surface area (Å²) in [5.74, 6) is 0. The quantitative estimate of drug-likeness (QED) is 0.809. The van der Waals surface area contributed by atoms with Crippen molar-refractivity contribution in [3.8, 4) is 6.07 Å². The van der Waals surface area contributed by atoms with Crippen molar-refractivity contribution in [2.24, 2.45) is 0 Å². The Kier molecular flexibility index (Phi) is 2.80. The zero-order valence-electron chi connectivity index (χ0n) is 12.0. The lowest BCUT2D eigenvalue weighted by Crippen LogP contribution is -2.51. The lowest BCUT2D eigenvalue weighted by atomic mass is 9.72. The first-order valence-electron chi connectivity index (χ1n) is 7.43. The van der Waals surface area contributed by atoms with Crippen molar-refractivity contribution < 1.29 is 0 Å². The van der Waals surface area contributed by atoms with Crippen LogP contribution in [0.4, 0.5) is 5.69 Å². The number of aromatic nitrogens is 1. The number of nitrogens with zero attached hydrogens (tertiary/aromatic N) is 3. The molecule has 2 aliphatic rings. The van der Waals surface area contributed by atoms with Crippen molar-refractivity contribution in [2.45, 2.75) is 37.6 Å². The predicted molar refractivity (Wildman–Crippen MR) is 84.7 cm³/mol. The maximum absolute atomic E-state index is 10.1. The van der Waals surface area contributed by atoms with Crippen LogP contribution in [-0.2, 0) is 11.8 Å².